The molecule has 1 saturated carbocycles. The lowest BCUT2D eigenvalue weighted by atomic mass is 10.0. The second kappa shape index (κ2) is 6.11. The first-order chi connectivity index (χ1) is 10.1. The lowest BCUT2D eigenvalue weighted by molar-refractivity contribution is 0.679. The minimum absolute atomic E-state index is 0.396. The molecule has 0 amide bonds. The second-order valence-corrected chi connectivity index (χ2v) is 6.72. The van der Waals surface area contributed by atoms with Crippen LogP contribution in [-0.4, -0.2) is 0 Å². The zero-order valence-corrected chi connectivity index (χ0v) is 13.4. The van der Waals surface area contributed by atoms with Crippen molar-refractivity contribution in [1.82, 2.24) is 0 Å². The number of nitrogens with one attached hydrogen (secondary N) is 1. The monoisotopic (exact) mass is 299 g/mol. The quantitative estimate of drug-likeness (QED) is 0.711. The Kier molecular flexibility index (Phi) is 4.21. The van der Waals surface area contributed by atoms with Crippen LogP contribution in [0.2, 0.25) is 5.02 Å². The van der Waals surface area contributed by atoms with Crippen molar-refractivity contribution in [3.63, 3.8) is 0 Å². The van der Waals surface area contributed by atoms with Gasteiger partial charge < -0.3 is 5.32 Å². The summed E-state index contributed by atoms with van der Waals surface area (Å²) in [5.74, 6) is 1.32. The lowest BCUT2D eigenvalue weighted by Crippen LogP contribution is -2.12. The van der Waals surface area contributed by atoms with Crippen LogP contribution in [0.25, 0.3) is 0 Å². The van der Waals surface area contributed by atoms with Gasteiger partial charge in [-0.1, -0.05) is 49.7 Å². The van der Waals surface area contributed by atoms with Crippen LogP contribution in [0.5, 0.6) is 0 Å². The maximum absolute atomic E-state index is 6.00. The average Bonchev–Trinajstić information content (AvgIpc) is 3.31. The van der Waals surface area contributed by atoms with E-state index in [2.05, 4.69) is 55.6 Å². The van der Waals surface area contributed by atoms with Gasteiger partial charge in [0, 0.05) is 10.7 Å². The number of rotatable bonds is 5. The van der Waals surface area contributed by atoms with Crippen molar-refractivity contribution in [3.05, 3.63) is 64.7 Å². The molecular formula is C19H22ClN. The fourth-order valence-corrected chi connectivity index (χ4v) is 2.84. The Bertz CT molecular complexity index is 582. The van der Waals surface area contributed by atoms with E-state index in [4.69, 9.17) is 11.6 Å². The van der Waals surface area contributed by atoms with E-state index in [-0.39, 0.29) is 0 Å². The molecule has 1 N–H and O–H groups in total. The number of benzene rings is 2. The minimum Gasteiger partial charge on any atom is -0.378 e. The molecule has 0 heterocycles. The standard InChI is InChI=1S/C19H22ClN/c1-13(2)14-7-11-18(12-8-14)21-19(15-3-4-15)16-5-9-17(20)10-6-16/h5-13,15,19,21H,3-4H2,1-2H3. The molecule has 2 aromatic rings. The molecule has 2 aromatic carbocycles. The van der Waals surface area contributed by atoms with Crippen molar-refractivity contribution >= 4 is 17.3 Å². The van der Waals surface area contributed by atoms with Gasteiger partial charge in [-0.3, -0.25) is 0 Å². The maximum Gasteiger partial charge on any atom is 0.0542 e. The highest BCUT2D eigenvalue weighted by Gasteiger charge is 2.32. The summed E-state index contributed by atoms with van der Waals surface area (Å²) in [6.45, 7) is 4.45. The summed E-state index contributed by atoms with van der Waals surface area (Å²) in [5.41, 5.74) is 3.91. The van der Waals surface area contributed by atoms with Crippen LogP contribution < -0.4 is 5.32 Å². The molecule has 1 nitrogen and oxygen atoms in total. The molecule has 0 aromatic heterocycles. The maximum atomic E-state index is 6.00. The fraction of sp³-hybridized carbons (Fsp3) is 0.368. The average molecular weight is 300 g/mol. The van der Waals surface area contributed by atoms with Gasteiger partial charge in [-0.05, 0) is 60.1 Å². The summed E-state index contributed by atoms with van der Waals surface area (Å²) in [5, 5.41) is 4.50. The van der Waals surface area contributed by atoms with Gasteiger partial charge in [0.05, 0.1) is 6.04 Å². The zero-order chi connectivity index (χ0) is 14.8. The SMILES string of the molecule is CC(C)c1ccc(NC(c2ccc(Cl)cc2)C2CC2)cc1. The van der Waals surface area contributed by atoms with Crippen molar-refractivity contribution in [2.24, 2.45) is 5.92 Å². The summed E-state index contributed by atoms with van der Waals surface area (Å²) in [7, 11) is 0. The lowest BCUT2D eigenvalue weighted by Gasteiger charge is -2.20. The third-order valence-corrected chi connectivity index (χ3v) is 4.47. The van der Waals surface area contributed by atoms with Gasteiger partial charge in [-0.2, -0.15) is 0 Å². The molecule has 1 atom stereocenters. The topological polar surface area (TPSA) is 12.0 Å². The van der Waals surface area contributed by atoms with Crippen molar-refractivity contribution in [1.29, 1.82) is 0 Å². The molecule has 0 bridgehead atoms. The Labute approximate surface area is 132 Å². The Hall–Kier alpha value is -1.47. The number of hydrogen-bond acceptors (Lipinski definition) is 1. The molecule has 1 aliphatic rings. The molecule has 110 valence electrons. The van der Waals surface area contributed by atoms with Crippen LogP contribution >= 0.6 is 11.6 Å². The molecule has 21 heavy (non-hydrogen) atoms. The predicted molar refractivity (Wildman–Crippen MR) is 91.1 cm³/mol. The van der Waals surface area contributed by atoms with E-state index in [0.29, 0.717) is 12.0 Å². The predicted octanol–water partition coefficient (Wildman–Crippen LogP) is 6.03. The smallest absolute Gasteiger partial charge is 0.0542 e. The van der Waals surface area contributed by atoms with Crippen LogP contribution in [0, 0.1) is 5.92 Å². The third-order valence-electron chi connectivity index (χ3n) is 4.22. The van der Waals surface area contributed by atoms with Crippen molar-refractivity contribution in [2.45, 2.75) is 38.6 Å². The van der Waals surface area contributed by atoms with Crippen molar-refractivity contribution in [2.75, 3.05) is 5.32 Å². The van der Waals surface area contributed by atoms with E-state index in [9.17, 15) is 0 Å². The van der Waals surface area contributed by atoms with E-state index < -0.39 is 0 Å². The summed E-state index contributed by atoms with van der Waals surface area (Å²) >= 11 is 6.00. The van der Waals surface area contributed by atoms with Crippen molar-refractivity contribution in [3.8, 4) is 0 Å². The van der Waals surface area contributed by atoms with E-state index in [1.807, 2.05) is 12.1 Å². The Morgan fingerprint density at radius 3 is 2.00 bits per heavy atom. The highest BCUT2D eigenvalue weighted by molar-refractivity contribution is 6.30. The number of hydrogen-bond donors (Lipinski definition) is 1. The van der Waals surface area contributed by atoms with Gasteiger partial charge in [0.2, 0.25) is 0 Å². The van der Waals surface area contributed by atoms with Gasteiger partial charge in [0.1, 0.15) is 0 Å². The first kappa shape index (κ1) is 14.5. The van der Waals surface area contributed by atoms with Crippen LogP contribution in [0.3, 0.4) is 0 Å². The summed E-state index contributed by atoms with van der Waals surface area (Å²) in [6.07, 6.45) is 2.62. The fourth-order valence-electron chi connectivity index (χ4n) is 2.72. The largest absolute Gasteiger partial charge is 0.378 e. The first-order valence-electron chi connectivity index (χ1n) is 7.75. The number of halogens is 1. The van der Waals surface area contributed by atoms with Gasteiger partial charge in [0.15, 0.2) is 0 Å². The van der Waals surface area contributed by atoms with Gasteiger partial charge >= 0.3 is 0 Å². The number of anilines is 1. The Balaban J connectivity index is 1.77. The van der Waals surface area contributed by atoms with E-state index in [1.54, 1.807) is 0 Å². The first-order valence-corrected chi connectivity index (χ1v) is 8.13. The molecule has 3 rings (SSSR count). The van der Waals surface area contributed by atoms with Crippen molar-refractivity contribution < 1.29 is 0 Å². The van der Waals surface area contributed by atoms with E-state index in [0.717, 1.165) is 10.9 Å². The highest BCUT2D eigenvalue weighted by atomic mass is 35.5. The summed E-state index contributed by atoms with van der Waals surface area (Å²) in [4.78, 5) is 0. The molecule has 0 radical (unpaired) electrons. The van der Waals surface area contributed by atoms with Gasteiger partial charge in [-0.15, -0.1) is 0 Å². The molecule has 1 fully saturated rings. The summed E-state index contributed by atoms with van der Waals surface area (Å²) < 4.78 is 0. The van der Waals surface area contributed by atoms with E-state index in [1.165, 1.54) is 29.7 Å². The molecular weight excluding hydrogens is 278 g/mol. The Morgan fingerprint density at radius 1 is 0.905 bits per heavy atom. The highest BCUT2D eigenvalue weighted by Crippen LogP contribution is 2.43. The van der Waals surface area contributed by atoms with Crippen LogP contribution in [0.4, 0.5) is 5.69 Å². The molecule has 0 saturated heterocycles. The third kappa shape index (κ3) is 3.59. The van der Waals surface area contributed by atoms with Gasteiger partial charge in [0.25, 0.3) is 0 Å². The molecule has 1 aliphatic carbocycles. The minimum atomic E-state index is 0.396. The van der Waals surface area contributed by atoms with Crippen LogP contribution in [0.15, 0.2) is 48.5 Å². The zero-order valence-electron chi connectivity index (χ0n) is 12.6. The Morgan fingerprint density at radius 2 is 1.48 bits per heavy atom. The molecule has 0 spiro atoms. The van der Waals surface area contributed by atoms with Gasteiger partial charge in [-0.25, -0.2) is 0 Å². The summed E-state index contributed by atoms with van der Waals surface area (Å²) in [6, 6.07) is 17.5. The second-order valence-electron chi connectivity index (χ2n) is 6.29. The normalized spacial score (nSPS) is 16.0. The van der Waals surface area contributed by atoms with E-state index >= 15 is 0 Å². The molecule has 1 unspecified atom stereocenters. The molecule has 2 heteroatoms. The van der Waals surface area contributed by atoms with Crippen LogP contribution in [-0.2, 0) is 0 Å². The molecule has 0 aliphatic heterocycles. The van der Waals surface area contributed by atoms with Crippen LogP contribution in [0.1, 0.15) is 49.8 Å².